The summed E-state index contributed by atoms with van der Waals surface area (Å²) in [7, 11) is -1.10. The van der Waals surface area contributed by atoms with Gasteiger partial charge in [0.1, 0.15) is 6.73 Å². The molecule has 1 aromatic carbocycles. The lowest BCUT2D eigenvalue weighted by Gasteiger charge is -2.15. The van der Waals surface area contributed by atoms with E-state index < -0.39 is 13.0 Å². The zero-order valence-electron chi connectivity index (χ0n) is 12.0. The largest absolute Gasteiger partial charge is 0.360 e. The second kappa shape index (κ2) is 5.72. The van der Waals surface area contributed by atoms with E-state index in [1.165, 1.54) is 12.1 Å². The van der Waals surface area contributed by atoms with Crippen LogP contribution in [0.4, 0.5) is 5.69 Å². The lowest BCUT2D eigenvalue weighted by molar-refractivity contribution is -0.384. The summed E-state index contributed by atoms with van der Waals surface area (Å²) in [5, 5.41) is 15.9. The number of non-ortho nitro benzene ring substituents is 1. The minimum atomic E-state index is -1.10. The van der Waals surface area contributed by atoms with E-state index in [2.05, 4.69) is 24.7 Å². The number of nitro benzene ring substituents is 1. The molecular formula is C13H19N3O3Si. The number of ether oxygens (including phenoxy) is 1. The molecule has 0 saturated heterocycles. The highest BCUT2D eigenvalue weighted by molar-refractivity contribution is 6.76. The Morgan fingerprint density at radius 1 is 1.40 bits per heavy atom. The molecule has 0 saturated carbocycles. The van der Waals surface area contributed by atoms with Crippen molar-refractivity contribution in [1.82, 2.24) is 9.78 Å². The first-order chi connectivity index (χ1) is 9.37. The number of rotatable bonds is 6. The third-order valence-corrected chi connectivity index (χ3v) is 4.75. The van der Waals surface area contributed by atoms with Crippen molar-refractivity contribution < 1.29 is 9.66 Å². The van der Waals surface area contributed by atoms with E-state index >= 15 is 0 Å². The highest BCUT2D eigenvalue weighted by Gasteiger charge is 2.13. The van der Waals surface area contributed by atoms with Gasteiger partial charge >= 0.3 is 0 Å². The Kier molecular flexibility index (Phi) is 4.19. The molecular weight excluding hydrogens is 274 g/mol. The number of hydrogen-bond donors (Lipinski definition) is 0. The van der Waals surface area contributed by atoms with Crippen molar-refractivity contribution in [2.75, 3.05) is 6.61 Å². The Morgan fingerprint density at radius 2 is 2.15 bits per heavy atom. The predicted molar refractivity (Wildman–Crippen MR) is 80.5 cm³/mol. The number of benzene rings is 1. The van der Waals surface area contributed by atoms with Gasteiger partial charge in [0.2, 0.25) is 0 Å². The molecule has 2 aromatic rings. The summed E-state index contributed by atoms with van der Waals surface area (Å²) in [6, 6.07) is 5.82. The van der Waals surface area contributed by atoms with Crippen LogP contribution in [0.5, 0.6) is 0 Å². The number of nitro groups is 1. The zero-order chi connectivity index (χ0) is 14.8. The van der Waals surface area contributed by atoms with Crippen molar-refractivity contribution in [3.05, 3.63) is 34.5 Å². The molecule has 0 amide bonds. The van der Waals surface area contributed by atoms with Gasteiger partial charge in [-0.05, 0) is 12.1 Å². The van der Waals surface area contributed by atoms with Gasteiger partial charge in [-0.15, -0.1) is 0 Å². The van der Waals surface area contributed by atoms with E-state index in [0.29, 0.717) is 13.3 Å². The van der Waals surface area contributed by atoms with Crippen LogP contribution in [0.25, 0.3) is 10.9 Å². The molecule has 0 radical (unpaired) electrons. The maximum atomic E-state index is 10.8. The highest BCUT2D eigenvalue weighted by atomic mass is 28.3. The highest BCUT2D eigenvalue weighted by Crippen LogP contribution is 2.20. The summed E-state index contributed by atoms with van der Waals surface area (Å²) in [6.07, 6.45) is 1.70. The molecule has 0 unspecified atom stereocenters. The summed E-state index contributed by atoms with van der Waals surface area (Å²) < 4.78 is 7.29. The van der Waals surface area contributed by atoms with Gasteiger partial charge in [0.05, 0.1) is 16.6 Å². The molecule has 0 aliphatic carbocycles. The van der Waals surface area contributed by atoms with E-state index in [1.807, 2.05) is 0 Å². The van der Waals surface area contributed by atoms with Crippen molar-refractivity contribution in [1.29, 1.82) is 0 Å². The first-order valence-corrected chi connectivity index (χ1v) is 10.3. The first-order valence-electron chi connectivity index (χ1n) is 6.54. The van der Waals surface area contributed by atoms with Crippen LogP contribution in [0.1, 0.15) is 0 Å². The summed E-state index contributed by atoms with van der Waals surface area (Å²) >= 11 is 0. The average molecular weight is 293 g/mol. The molecule has 0 bridgehead atoms. The minimum Gasteiger partial charge on any atom is -0.360 e. The summed E-state index contributed by atoms with van der Waals surface area (Å²) in [5.41, 5.74) is 0.800. The van der Waals surface area contributed by atoms with Gasteiger partial charge in [0.25, 0.3) is 5.69 Å². The number of aromatic nitrogens is 2. The molecule has 6 nitrogen and oxygen atoms in total. The topological polar surface area (TPSA) is 70.2 Å². The van der Waals surface area contributed by atoms with E-state index in [4.69, 9.17) is 4.74 Å². The Labute approximate surface area is 118 Å². The van der Waals surface area contributed by atoms with Crippen molar-refractivity contribution >= 4 is 24.7 Å². The smallest absolute Gasteiger partial charge is 0.271 e. The first kappa shape index (κ1) is 14.7. The van der Waals surface area contributed by atoms with E-state index in [1.54, 1.807) is 16.9 Å². The SMILES string of the molecule is C[Si](C)(C)CCOCn1ncc2ccc([N+](=O)[O-])cc21. The second-order valence-corrected chi connectivity index (χ2v) is 11.6. The maximum Gasteiger partial charge on any atom is 0.271 e. The van der Waals surface area contributed by atoms with Crippen molar-refractivity contribution in [3.63, 3.8) is 0 Å². The Bertz CT molecular complexity index is 619. The van der Waals surface area contributed by atoms with Gasteiger partial charge in [-0.3, -0.25) is 10.1 Å². The summed E-state index contributed by atoms with van der Waals surface area (Å²) in [5.74, 6) is 0. The van der Waals surface area contributed by atoms with Gasteiger partial charge in [0.15, 0.2) is 0 Å². The molecule has 108 valence electrons. The van der Waals surface area contributed by atoms with Crippen LogP contribution in [-0.2, 0) is 11.5 Å². The fraction of sp³-hybridized carbons (Fsp3) is 0.462. The number of nitrogens with zero attached hydrogens (tertiary/aromatic N) is 3. The molecule has 0 spiro atoms. The summed E-state index contributed by atoms with van der Waals surface area (Å²) in [4.78, 5) is 10.4. The Balaban J connectivity index is 2.06. The number of hydrogen-bond acceptors (Lipinski definition) is 4. The van der Waals surface area contributed by atoms with Gasteiger partial charge in [-0.2, -0.15) is 5.10 Å². The summed E-state index contributed by atoms with van der Waals surface area (Å²) in [6.45, 7) is 7.91. The van der Waals surface area contributed by atoms with E-state index in [9.17, 15) is 10.1 Å². The molecule has 7 heteroatoms. The minimum absolute atomic E-state index is 0.0707. The molecule has 0 fully saturated rings. The molecule has 1 heterocycles. The van der Waals surface area contributed by atoms with Gasteiger partial charge in [0, 0.05) is 32.2 Å². The fourth-order valence-electron chi connectivity index (χ4n) is 1.80. The van der Waals surface area contributed by atoms with E-state index in [-0.39, 0.29) is 5.69 Å². The van der Waals surface area contributed by atoms with Crippen LogP contribution in [0, 0.1) is 10.1 Å². The lowest BCUT2D eigenvalue weighted by atomic mass is 10.2. The van der Waals surface area contributed by atoms with E-state index in [0.717, 1.165) is 16.9 Å². The van der Waals surface area contributed by atoms with Crippen LogP contribution in [0.3, 0.4) is 0 Å². The van der Waals surface area contributed by atoms with Gasteiger partial charge in [-0.25, -0.2) is 4.68 Å². The van der Waals surface area contributed by atoms with Crippen LogP contribution in [-0.4, -0.2) is 29.4 Å². The van der Waals surface area contributed by atoms with Crippen LogP contribution in [0.2, 0.25) is 25.7 Å². The predicted octanol–water partition coefficient (Wildman–Crippen LogP) is 3.26. The monoisotopic (exact) mass is 293 g/mol. The molecule has 20 heavy (non-hydrogen) atoms. The average Bonchev–Trinajstić information content (AvgIpc) is 2.76. The second-order valence-electron chi connectivity index (χ2n) is 5.99. The third kappa shape index (κ3) is 3.64. The standard InChI is InChI=1S/C13H19N3O3Si/c1-20(2,3)7-6-19-10-15-13-8-12(16(17)18)5-4-11(13)9-14-15/h4-5,8-9H,6-7,10H2,1-3H3. The fourth-order valence-corrected chi connectivity index (χ4v) is 2.56. The van der Waals surface area contributed by atoms with Gasteiger partial charge in [-0.1, -0.05) is 19.6 Å². The molecule has 2 rings (SSSR count). The van der Waals surface area contributed by atoms with Crippen molar-refractivity contribution in [2.45, 2.75) is 32.4 Å². The quantitative estimate of drug-likeness (QED) is 0.355. The van der Waals surface area contributed by atoms with Crippen LogP contribution in [0.15, 0.2) is 24.4 Å². The lowest BCUT2D eigenvalue weighted by Crippen LogP contribution is -2.22. The van der Waals surface area contributed by atoms with Crippen LogP contribution < -0.4 is 0 Å². The molecule has 1 aromatic heterocycles. The molecule has 0 aliphatic rings. The Hall–Kier alpha value is -1.73. The molecule has 0 atom stereocenters. The normalized spacial score (nSPS) is 11.9. The van der Waals surface area contributed by atoms with Crippen LogP contribution >= 0.6 is 0 Å². The van der Waals surface area contributed by atoms with Crippen molar-refractivity contribution in [3.8, 4) is 0 Å². The van der Waals surface area contributed by atoms with Crippen molar-refractivity contribution in [2.24, 2.45) is 0 Å². The Morgan fingerprint density at radius 3 is 2.80 bits per heavy atom. The molecule has 0 N–H and O–H groups in total. The third-order valence-electron chi connectivity index (χ3n) is 3.05. The number of fused-ring (bicyclic) bond motifs is 1. The molecule has 0 aliphatic heterocycles. The zero-order valence-corrected chi connectivity index (χ0v) is 13.0. The van der Waals surface area contributed by atoms with Gasteiger partial charge < -0.3 is 4.74 Å². The maximum absolute atomic E-state index is 10.8.